The summed E-state index contributed by atoms with van der Waals surface area (Å²) in [4.78, 5) is 18.3. The zero-order valence-electron chi connectivity index (χ0n) is 30.9. The number of benzene rings is 8. The molecule has 3 aromatic heterocycles. The summed E-state index contributed by atoms with van der Waals surface area (Å²) in [5.74, 6) is 0. The van der Waals surface area contributed by atoms with Gasteiger partial charge in [0.05, 0.1) is 39.3 Å². The van der Waals surface area contributed by atoms with Gasteiger partial charge in [-0.25, -0.2) is 15.0 Å². The van der Waals surface area contributed by atoms with Crippen LogP contribution in [0.15, 0.2) is 206 Å². The highest BCUT2D eigenvalue weighted by atomic mass is 15.1. The van der Waals surface area contributed by atoms with E-state index in [2.05, 4.69) is 193 Å². The van der Waals surface area contributed by atoms with E-state index >= 15 is 0 Å². The van der Waals surface area contributed by atoms with Gasteiger partial charge in [-0.1, -0.05) is 152 Å². The number of hydrogen-bond acceptors (Lipinski definition) is 4. The zero-order chi connectivity index (χ0) is 37.7. The van der Waals surface area contributed by atoms with Gasteiger partial charge in [0.15, 0.2) is 0 Å². The summed E-state index contributed by atoms with van der Waals surface area (Å²) in [7, 11) is 0. The van der Waals surface area contributed by atoms with E-state index in [1.54, 1.807) is 0 Å². The van der Waals surface area contributed by atoms with Gasteiger partial charge >= 0.3 is 0 Å². The molecule has 0 atom stereocenters. The van der Waals surface area contributed by atoms with E-state index in [9.17, 15) is 0 Å². The van der Waals surface area contributed by atoms with Crippen LogP contribution in [-0.4, -0.2) is 15.0 Å². The maximum atomic E-state index is 5.44. The van der Waals surface area contributed by atoms with Crippen molar-refractivity contribution in [3.8, 4) is 33.8 Å². The lowest BCUT2D eigenvalue weighted by Gasteiger charge is -2.28. The molecule has 4 nitrogen and oxygen atoms in total. The Balaban J connectivity index is 1.18. The van der Waals surface area contributed by atoms with E-state index in [1.165, 1.54) is 10.8 Å². The minimum Gasteiger partial charge on any atom is -0.310 e. The fourth-order valence-corrected chi connectivity index (χ4v) is 8.29. The Morgan fingerprint density at radius 2 is 0.842 bits per heavy atom. The number of fused-ring (bicyclic) bond motifs is 8. The Labute approximate surface area is 330 Å². The molecule has 0 saturated heterocycles. The zero-order valence-corrected chi connectivity index (χ0v) is 30.9. The van der Waals surface area contributed by atoms with Gasteiger partial charge in [0.1, 0.15) is 0 Å². The highest BCUT2D eigenvalue weighted by Crippen LogP contribution is 2.46. The predicted octanol–water partition coefficient (Wildman–Crippen LogP) is 14.1. The normalized spacial score (nSPS) is 11.5. The van der Waals surface area contributed by atoms with Gasteiger partial charge in [-0.15, -0.1) is 0 Å². The molecule has 0 spiro atoms. The van der Waals surface area contributed by atoms with Crippen LogP contribution in [0.1, 0.15) is 0 Å². The molecule has 11 aromatic rings. The number of pyridine rings is 3. The second kappa shape index (κ2) is 13.6. The highest BCUT2D eigenvalue weighted by Gasteiger charge is 2.21. The summed E-state index contributed by atoms with van der Waals surface area (Å²) in [6.45, 7) is 0. The molecule has 0 unspecified atom stereocenters. The minimum absolute atomic E-state index is 0.891. The molecule has 4 heteroatoms. The van der Waals surface area contributed by atoms with Crippen molar-refractivity contribution in [2.45, 2.75) is 0 Å². The molecule has 0 N–H and O–H groups in total. The topological polar surface area (TPSA) is 41.9 Å². The van der Waals surface area contributed by atoms with Crippen molar-refractivity contribution in [3.05, 3.63) is 206 Å². The van der Waals surface area contributed by atoms with E-state index < -0.39 is 0 Å². The van der Waals surface area contributed by atoms with E-state index in [4.69, 9.17) is 15.0 Å². The lowest BCUT2D eigenvalue weighted by atomic mass is 9.92. The van der Waals surface area contributed by atoms with Crippen molar-refractivity contribution < 1.29 is 0 Å². The van der Waals surface area contributed by atoms with Gasteiger partial charge in [-0.3, -0.25) is 0 Å². The van der Waals surface area contributed by atoms with Crippen LogP contribution < -0.4 is 4.90 Å². The van der Waals surface area contributed by atoms with Crippen LogP contribution in [0.25, 0.3) is 88.0 Å². The average Bonchev–Trinajstić information content (AvgIpc) is 3.29. The maximum Gasteiger partial charge on any atom is 0.0972 e. The van der Waals surface area contributed by atoms with Crippen molar-refractivity contribution in [1.82, 2.24) is 15.0 Å². The van der Waals surface area contributed by atoms with Crippen molar-refractivity contribution in [2.24, 2.45) is 0 Å². The SMILES string of the molecule is c1ccc(-c2ccc3ccc4ccc(-c5ccc6nc(-c7ccccc7)c7cc(N(c8ccccc8)c8ccccc8)c8ccccc8c7c6c5)nc4c3n2)cc1. The van der Waals surface area contributed by atoms with Crippen molar-refractivity contribution in [2.75, 3.05) is 4.90 Å². The van der Waals surface area contributed by atoms with Crippen LogP contribution in [0, 0.1) is 0 Å². The molecule has 0 aliphatic heterocycles. The standard InChI is InChI=1S/C53H34N4/c1-5-15-35(16-6-1)46-30-27-37-25-26-38-28-31-47(55-53(38)52(37)54-46)39-29-32-48-44(33-39)50-43-24-14-13-23-42(43)49(34-45(50)51(56-48)36-17-7-2-8-18-36)57(40-19-9-3-10-20-40)41-21-11-4-12-22-41/h1-34H. The third-order valence-electron chi connectivity index (χ3n) is 11.0. The molecule has 0 aliphatic rings. The van der Waals surface area contributed by atoms with E-state index in [0.29, 0.717) is 0 Å². The molecule has 0 saturated carbocycles. The molecular weight excluding hydrogens is 693 g/mol. The molecule has 8 aromatic carbocycles. The van der Waals surface area contributed by atoms with Gasteiger partial charge in [-0.2, -0.15) is 0 Å². The Kier molecular flexibility index (Phi) is 7.78. The first-order valence-electron chi connectivity index (χ1n) is 19.3. The van der Waals surface area contributed by atoms with Crippen LogP contribution in [0.3, 0.4) is 0 Å². The lowest BCUT2D eigenvalue weighted by Crippen LogP contribution is -2.10. The third kappa shape index (κ3) is 5.66. The van der Waals surface area contributed by atoms with Crippen LogP contribution in [-0.2, 0) is 0 Å². The summed E-state index contributed by atoms with van der Waals surface area (Å²) >= 11 is 0. The summed E-state index contributed by atoms with van der Waals surface area (Å²) < 4.78 is 0. The Morgan fingerprint density at radius 1 is 0.333 bits per heavy atom. The first kappa shape index (κ1) is 32.7. The monoisotopic (exact) mass is 726 g/mol. The predicted molar refractivity (Wildman–Crippen MR) is 238 cm³/mol. The van der Waals surface area contributed by atoms with Gasteiger partial charge in [0, 0.05) is 60.4 Å². The molecule has 0 bridgehead atoms. The molecule has 0 radical (unpaired) electrons. The molecule has 11 rings (SSSR count). The number of rotatable bonds is 6. The van der Waals surface area contributed by atoms with Crippen LogP contribution in [0.4, 0.5) is 17.1 Å². The van der Waals surface area contributed by atoms with Gasteiger partial charge in [0.25, 0.3) is 0 Å². The fraction of sp³-hybridized carbons (Fsp3) is 0. The molecule has 0 fully saturated rings. The largest absolute Gasteiger partial charge is 0.310 e. The summed E-state index contributed by atoms with van der Waals surface area (Å²) in [6, 6.07) is 72.6. The summed E-state index contributed by atoms with van der Waals surface area (Å²) in [5.41, 5.74) is 12.0. The van der Waals surface area contributed by atoms with E-state index in [1.807, 2.05) is 18.2 Å². The molecule has 0 amide bonds. The average molecular weight is 727 g/mol. The second-order valence-corrected chi connectivity index (χ2v) is 14.4. The first-order chi connectivity index (χ1) is 28.3. The van der Waals surface area contributed by atoms with Crippen molar-refractivity contribution in [1.29, 1.82) is 0 Å². The van der Waals surface area contributed by atoms with E-state index in [0.717, 1.165) is 94.3 Å². The van der Waals surface area contributed by atoms with Gasteiger partial charge in [0.2, 0.25) is 0 Å². The Bertz CT molecular complexity index is 3240. The maximum absolute atomic E-state index is 5.44. The van der Waals surface area contributed by atoms with Crippen LogP contribution in [0.5, 0.6) is 0 Å². The molecule has 57 heavy (non-hydrogen) atoms. The minimum atomic E-state index is 0.891. The van der Waals surface area contributed by atoms with Crippen LogP contribution >= 0.6 is 0 Å². The number of aromatic nitrogens is 3. The lowest BCUT2D eigenvalue weighted by molar-refractivity contribution is 1.30. The number of para-hydroxylation sites is 2. The molecular formula is C53H34N4. The molecule has 3 heterocycles. The fourth-order valence-electron chi connectivity index (χ4n) is 8.29. The number of anilines is 3. The summed E-state index contributed by atoms with van der Waals surface area (Å²) in [5, 5.41) is 7.79. The van der Waals surface area contributed by atoms with Crippen molar-refractivity contribution in [3.63, 3.8) is 0 Å². The number of hydrogen-bond donors (Lipinski definition) is 0. The Hall–Kier alpha value is -7.69. The molecule has 266 valence electrons. The highest BCUT2D eigenvalue weighted by molar-refractivity contribution is 6.26. The third-order valence-corrected chi connectivity index (χ3v) is 11.0. The smallest absolute Gasteiger partial charge is 0.0972 e. The summed E-state index contributed by atoms with van der Waals surface area (Å²) in [6.07, 6.45) is 0. The van der Waals surface area contributed by atoms with Gasteiger partial charge < -0.3 is 4.90 Å². The van der Waals surface area contributed by atoms with Gasteiger partial charge in [-0.05, 0) is 60.0 Å². The Morgan fingerprint density at radius 3 is 1.46 bits per heavy atom. The first-order valence-corrected chi connectivity index (χ1v) is 19.3. The number of nitrogens with zero attached hydrogens (tertiary/aromatic N) is 4. The molecule has 0 aliphatic carbocycles. The van der Waals surface area contributed by atoms with E-state index in [-0.39, 0.29) is 0 Å². The van der Waals surface area contributed by atoms with Crippen molar-refractivity contribution >= 4 is 71.3 Å². The quantitative estimate of drug-likeness (QED) is 0.160. The second-order valence-electron chi connectivity index (χ2n) is 14.4. The van der Waals surface area contributed by atoms with Crippen LogP contribution in [0.2, 0.25) is 0 Å².